The summed E-state index contributed by atoms with van der Waals surface area (Å²) < 4.78 is 16.4. The van der Waals surface area contributed by atoms with Crippen LogP contribution in [0.1, 0.15) is 30.9 Å². The summed E-state index contributed by atoms with van der Waals surface area (Å²) in [7, 11) is 3.27. The molecular weight excluding hydrogens is 378 g/mol. The molecule has 1 heterocycles. The smallest absolute Gasteiger partial charge is 0.195 e. The molecule has 0 aliphatic carbocycles. The van der Waals surface area contributed by atoms with Gasteiger partial charge < -0.3 is 24.8 Å². The zero-order valence-electron chi connectivity index (χ0n) is 18.5. The van der Waals surface area contributed by atoms with Crippen LogP contribution in [0.4, 0.5) is 5.69 Å². The first kappa shape index (κ1) is 22.0. The van der Waals surface area contributed by atoms with Gasteiger partial charge in [-0.15, -0.1) is 0 Å². The van der Waals surface area contributed by atoms with Gasteiger partial charge in [-0.1, -0.05) is 24.3 Å². The van der Waals surface area contributed by atoms with E-state index in [1.165, 1.54) is 11.1 Å². The average molecular weight is 412 g/mol. The second-order valence-corrected chi connectivity index (χ2v) is 7.60. The quantitative estimate of drug-likeness (QED) is 0.530. The lowest BCUT2D eigenvalue weighted by atomic mass is 9.72. The van der Waals surface area contributed by atoms with Crippen molar-refractivity contribution in [3.8, 4) is 11.5 Å². The molecule has 0 spiro atoms. The molecule has 1 fully saturated rings. The van der Waals surface area contributed by atoms with E-state index in [1.54, 1.807) is 14.2 Å². The van der Waals surface area contributed by atoms with Gasteiger partial charge in [-0.25, -0.2) is 0 Å². The van der Waals surface area contributed by atoms with Gasteiger partial charge in [0.25, 0.3) is 0 Å². The number of hydrogen-bond donors (Lipinski definition) is 2. The van der Waals surface area contributed by atoms with Crippen molar-refractivity contribution in [3.63, 3.8) is 0 Å². The van der Waals surface area contributed by atoms with Gasteiger partial charge in [0.1, 0.15) is 0 Å². The lowest BCUT2D eigenvalue weighted by Crippen LogP contribution is -2.39. The molecule has 0 amide bonds. The third-order valence-electron chi connectivity index (χ3n) is 5.70. The van der Waals surface area contributed by atoms with Gasteiger partial charge in [0.05, 0.1) is 20.8 Å². The molecule has 6 heteroatoms. The van der Waals surface area contributed by atoms with E-state index in [0.717, 1.165) is 44.2 Å². The fourth-order valence-electron chi connectivity index (χ4n) is 4.03. The highest BCUT2D eigenvalue weighted by molar-refractivity contribution is 5.94. The SMILES string of the molecule is CCNC(=NCC1(c2ccccc2C)CCOCC1)Nc1ccc(OC)c(OC)c1. The fraction of sp³-hybridized carbons (Fsp3) is 0.458. The number of benzene rings is 2. The van der Waals surface area contributed by atoms with E-state index in [0.29, 0.717) is 18.0 Å². The molecule has 0 unspecified atom stereocenters. The molecule has 1 saturated heterocycles. The number of anilines is 1. The second kappa shape index (κ2) is 10.3. The molecule has 0 atom stereocenters. The van der Waals surface area contributed by atoms with Crippen molar-refractivity contribution in [1.82, 2.24) is 5.32 Å². The van der Waals surface area contributed by atoms with Gasteiger partial charge in [-0.05, 0) is 49.9 Å². The Kier molecular flexibility index (Phi) is 7.57. The predicted octanol–water partition coefficient (Wildman–Crippen LogP) is 4.14. The van der Waals surface area contributed by atoms with Gasteiger partial charge >= 0.3 is 0 Å². The highest BCUT2D eigenvalue weighted by Crippen LogP contribution is 2.37. The summed E-state index contributed by atoms with van der Waals surface area (Å²) in [6, 6.07) is 14.4. The Morgan fingerprint density at radius 2 is 1.80 bits per heavy atom. The number of ether oxygens (including phenoxy) is 3. The lowest BCUT2D eigenvalue weighted by Gasteiger charge is -2.37. The Labute approximate surface area is 179 Å². The minimum atomic E-state index is -0.0104. The Balaban J connectivity index is 1.86. The molecule has 6 nitrogen and oxygen atoms in total. The fourth-order valence-corrected chi connectivity index (χ4v) is 4.03. The number of rotatable bonds is 7. The number of guanidine groups is 1. The van der Waals surface area contributed by atoms with Crippen molar-refractivity contribution in [2.75, 3.05) is 45.8 Å². The van der Waals surface area contributed by atoms with Gasteiger partial charge in [-0.3, -0.25) is 4.99 Å². The topological polar surface area (TPSA) is 64.1 Å². The molecule has 1 aliphatic heterocycles. The summed E-state index contributed by atoms with van der Waals surface area (Å²) in [5.74, 6) is 2.13. The van der Waals surface area contributed by atoms with E-state index < -0.39 is 0 Å². The molecule has 3 rings (SSSR count). The van der Waals surface area contributed by atoms with Crippen molar-refractivity contribution >= 4 is 11.6 Å². The zero-order chi connectivity index (χ0) is 21.4. The van der Waals surface area contributed by atoms with E-state index in [9.17, 15) is 0 Å². The van der Waals surface area contributed by atoms with E-state index >= 15 is 0 Å². The van der Waals surface area contributed by atoms with Crippen LogP contribution in [-0.4, -0.2) is 46.5 Å². The van der Waals surface area contributed by atoms with Crippen LogP contribution in [0.25, 0.3) is 0 Å². The number of nitrogens with zero attached hydrogens (tertiary/aromatic N) is 1. The maximum absolute atomic E-state index is 5.68. The molecule has 1 aliphatic rings. The van der Waals surface area contributed by atoms with E-state index in [4.69, 9.17) is 19.2 Å². The average Bonchev–Trinajstić information content (AvgIpc) is 2.78. The van der Waals surface area contributed by atoms with Crippen LogP contribution in [-0.2, 0) is 10.2 Å². The summed E-state index contributed by atoms with van der Waals surface area (Å²) in [4.78, 5) is 4.99. The zero-order valence-corrected chi connectivity index (χ0v) is 18.5. The molecule has 30 heavy (non-hydrogen) atoms. The molecule has 2 aromatic rings. The van der Waals surface area contributed by atoms with Gasteiger partial charge in [-0.2, -0.15) is 0 Å². The minimum Gasteiger partial charge on any atom is -0.493 e. The summed E-state index contributed by atoms with van der Waals surface area (Å²) in [5, 5.41) is 6.76. The number of hydrogen-bond acceptors (Lipinski definition) is 4. The third kappa shape index (κ3) is 5.05. The van der Waals surface area contributed by atoms with Crippen molar-refractivity contribution in [1.29, 1.82) is 0 Å². The summed E-state index contributed by atoms with van der Waals surface area (Å²) in [6.45, 7) is 7.26. The Hall–Kier alpha value is -2.73. The highest BCUT2D eigenvalue weighted by atomic mass is 16.5. The first-order valence-electron chi connectivity index (χ1n) is 10.5. The summed E-state index contributed by atoms with van der Waals surface area (Å²) >= 11 is 0. The molecule has 0 saturated carbocycles. The van der Waals surface area contributed by atoms with Crippen LogP contribution < -0.4 is 20.1 Å². The van der Waals surface area contributed by atoms with E-state index in [1.807, 2.05) is 18.2 Å². The van der Waals surface area contributed by atoms with Crippen LogP contribution in [0.3, 0.4) is 0 Å². The molecule has 0 bridgehead atoms. The van der Waals surface area contributed by atoms with Crippen LogP contribution in [0.15, 0.2) is 47.5 Å². The van der Waals surface area contributed by atoms with Crippen LogP contribution >= 0.6 is 0 Å². The lowest BCUT2D eigenvalue weighted by molar-refractivity contribution is 0.0529. The van der Waals surface area contributed by atoms with Gasteiger partial charge in [0.15, 0.2) is 17.5 Å². The standard InChI is InChI=1S/C24H33N3O3/c1-5-25-23(27-19-10-11-21(28-3)22(16-19)29-4)26-17-24(12-14-30-15-13-24)20-9-7-6-8-18(20)2/h6-11,16H,5,12-15,17H2,1-4H3,(H2,25,26,27). The van der Waals surface area contributed by atoms with E-state index in [2.05, 4.69) is 48.7 Å². The second-order valence-electron chi connectivity index (χ2n) is 7.60. The number of aliphatic imine (C=N–C) groups is 1. The maximum Gasteiger partial charge on any atom is 0.195 e. The molecule has 0 aromatic heterocycles. The maximum atomic E-state index is 5.68. The van der Waals surface area contributed by atoms with Gasteiger partial charge in [0, 0.05) is 36.9 Å². The Bertz CT molecular complexity index is 861. The highest BCUT2D eigenvalue weighted by Gasteiger charge is 2.35. The van der Waals surface area contributed by atoms with Gasteiger partial charge in [0.2, 0.25) is 0 Å². The monoisotopic (exact) mass is 411 g/mol. The largest absolute Gasteiger partial charge is 0.493 e. The minimum absolute atomic E-state index is 0.0104. The molecule has 162 valence electrons. The number of nitrogens with one attached hydrogen (secondary N) is 2. The Morgan fingerprint density at radius 3 is 2.47 bits per heavy atom. The van der Waals surface area contributed by atoms with Crippen LogP contribution in [0, 0.1) is 6.92 Å². The van der Waals surface area contributed by atoms with Crippen LogP contribution in [0.2, 0.25) is 0 Å². The molecule has 2 aromatic carbocycles. The number of aryl methyl sites for hydroxylation is 1. The number of methoxy groups -OCH3 is 2. The van der Waals surface area contributed by atoms with Crippen molar-refractivity contribution < 1.29 is 14.2 Å². The normalized spacial score (nSPS) is 16.1. The summed E-state index contributed by atoms with van der Waals surface area (Å²) in [6.07, 6.45) is 1.94. The predicted molar refractivity (Wildman–Crippen MR) is 122 cm³/mol. The van der Waals surface area contributed by atoms with Crippen molar-refractivity contribution in [3.05, 3.63) is 53.6 Å². The molecular formula is C24H33N3O3. The Morgan fingerprint density at radius 1 is 1.07 bits per heavy atom. The van der Waals surface area contributed by atoms with Crippen molar-refractivity contribution in [2.45, 2.75) is 32.1 Å². The summed E-state index contributed by atoms with van der Waals surface area (Å²) in [5.41, 5.74) is 3.57. The first-order chi connectivity index (χ1) is 14.6. The van der Waals surface area contributed by atoms with Crippen LogP contribution in [0.5, 0.6) is 11.5 Å². The molecule has 0 radical (unpaired) electrons. The third-order valence-corrected chi connectivity index (χ3v) is 5.70. The van der Waals surface area contributed by atoms with Crippen molar-refractivity contribution in [2.24, 2.45) is 4.99 Å². The molecule has 2 N–H and O–H groups in total. The first-order valence-corrected chi connectivity index (χ1v) is 10.5. The van der Waals surface area contributed by atoms with E-state index in [-0.39, 0.29) is 5.41 Å².